The van der Waals surface area contributed by atoms with Crippen LogP contribution < -0.4 is 0 Å². The van der Waals surface area contributed by atoms with Crippen LogP contribution in [0.5, 0.6) is 0 Å². The van der Waals surface area contributed by atoms with Crippen molar-refractivity contribution >= 4 is 18.3 Å². The first-order valence-corrected chi connectivity index (χ1v) is 4.54. The Morgan fingerprint density at radius 1 is 1.60 bits per heavy atom. The third-order valence-electron chi connectivity index (χ3n) is 0. The molecular formula is CH6ClO2P. The second-order valence-electron chi connectivity index (χ2n) is 0.905. The molecule has 2 nitrogen and oxygen atoms in total. The Labute approximate surface area is 35.7 Å². The first-order chi connectivity index (χ1) is 2.00. The van der Waals surface area contributed by atoms with Crippen LogP contribution in [-0.4, -0.2) is 16.5 Å². The summed E-state index contributed by atoms with van der Waals surface area (Å²) in [7, 11) is -3.14. The van der Waals surface area contributed by atoms with Crippen LogP contribution in [0.1, 0.15) is 0 Å². The molecule has 0 spiro atoms. The van der Waals surface area contributed by atoms with Crippen molar-refractivity contribution in [2.45, 2.75) is 0 Å². The van der Waals surface area contributed by atoms with Gasteiger partial charge in [0.25, 0.3) is 0 Å². The van der Waals surface area contributed by atoms with Crippen LogP contribution in [-0.2, 0) is 0 Å². The molecule has 5 heavy (non-hydrogen) atoms. The van der Waals surface area contributed by atoms with Crippen molar-refractivity contribution in [3.8, 4) is 0 Å². The van der Waals surface area contributed by atoms with Crippen molar-refractivity contribution in [3.05, 3.63) is 0 Å². The van der Waals surface area contributed by atoms with E-state index in [2.05, 4.69) is 0 Å². The fourth-order valence-corrected chi connectivity index (χ4v) is 0. The average molecular weight is 116 g/mol. The summed E-state index contributed by atoms with van der Waals surface area (Å²) in [6, 6.07) is 0. The molecule has 0 aromatic heterocycles. The zero-order valence-electron chi connectivity index (χ0n) is 2.77. The molecule has 0 aliphatic carbocycles. The number of halogens is 1. The molecule has 4 heteroatoms. The Bertz CT molecular complexity index is 25.1. The van der Waals surface area contributed by atoms with Gasteiger partial charge in [0.1, 0.15) is 0 Å². The summed E-state index contributed by atoms with van der Waals surface area (Å²) in [6.07, 6.45) is 0. The summed E-state index contributed by atoms with van der Waals surface area (Å²) in [6.45, 7) is 1.20. The quantitative estimate of drug-likeness (QED) is 0.448. The van der Waals surface area contributed by atoms with Crippen LogP contribution in [0, 0.1) is 0 Å². The molecule has 0 heterocycles. The number of hydrogen-bond donors (Lipinski definition) is 2. The van der Waals surface area contributed by atoms with Crippen molar-refractivity contribution in [3.63, 3.8) is 0 Å². The molecule has 0 amide bonds. The Hall–Kier alpha value is 0.640. The zero-order valence-corrected chi connectivity index (χ0v) is 4.53. The SMILES string of the molecule is C[PH](O)(O)Cl. The van der Waals surface area contributed by atoms with Gasteiger partial charge < -0.3 is 0 Å². The van der Waals surface area contributed by atoms with Crippen molar-refractivity contribution in [1.29, 1.82) is 0 Å². The second kappa shape index (κ2) is 1.39. The molecule has 0 atom stereocenters. The third-order valence-corrected chi connectivity index (χ3v) is 0. The van der Waals surface area contributed by atoms with Gasteiger partial charge in [0.15, 0.2) is 0 Å². The van der Waals surface area contributed by atoms with Gasteiger partial charge in [-0.05, 0) is 0 Å². The fraction of sp³-hybridized carbons (Fsp3) is 1.00. The molecule has 0 aliphatic heterocycles. The second-order valence-corrected chi connectivity index (χ2v) is 4.86. The summed E-state index contributed by atoms with van der Waals surface area (Å²) in [5.74, 6) is 0. The Balaban J connectivity index is 3.02. The van der Waals surface area contributed by atoms with E-state index in [0.29, 0.717) is 0 Å². The van der Waals surface area contributed by atoms with E-state index < -0.39 is 7.07 Å². The number of hydrogen-bond acceptors (Lipinski definition) is 2. The average Bonchev–Trinajstić information content (AvgIpc) is 0.722. The standard InChI is InChI=1S/CH6ClO2P/c1-5(2,3)4/h3-5H,1H3. The number of rotatable bonds is 0. The molecule has 0 rings (SSSR count). The summed E-state index contributed by atoms with van der Waals surface area (Å²) >= 11 is 4.78. The van der Waals surface area contributed by atoms with Crippen molar-refractivity contribution in [2.75, 3.05) is 6.66 Å². The van der Waals surface area contributed by atoms with Gasteiger partial charge in [0.2, 0.25) is 0 Å². The molecule has 0 saturated heterocycles. The minimum absolute atomic E-state index is 1.20. The fourth-order valence-electron chi connectivity index (χ4n) is 0. The Morgan fingerprint density at radius 3 is 1.60 bits per heavy atom. The molecule has 0 unspecified atom stereocenters. The predicted octanol–water partition coefficient (Wildman–Crippen LogP) is 0.334. The van der Waals surface area contributed by atoms with Crippen molar-refractivity contribution < 1.29 is 9.79 Å². The van der Waals surface area contributed by atoms with Gasteiger partial charge in [-0.15, -0.1) is 0 Å². The maximum atomic E-state index is 7.98. The molecular weight excluding hydrogens is 110 g/mol. The van der Waals surface area contributed by atoms with E-state index >= 15 is 0 Å². The van der Waals surface area contributed by atoms with Gasteiger partial charge in [-0.25, -0.2) is 0 Å². The van der Waals surface area contributed by atoms with Gasteiger partial charge in [0, 0.05) is 0 Å². The van der Waals surface area contributed by atoms with Crippen LogP contribution in [0.4, 0.5) is 0 Å². The van der Waals surface area contributed by atoms with Crippen LogP contribution in [0.25, 0.3) is 0 Å². The van der Waals surface area contributed by atoms with E-state index in [1.165, 1.54) is 6.66 Å². The maximum absolute atomic E-state index is 7.98. The normalized spacial score (nSPS) is 15.2. The van der Waals surface area contributed by atoms with E-state index in [-0.39, 0.29) is 0 Å². The van der Waals surface area contributed by atoms with Gasteiger partial charge in [-0.1, -0.05) is 0 Å². The molecule has 0 saturated carbocycles. The molecule has 0 bridgehead atoms. The van der Waals surface area contributed by atoms with Gasteiger partial charge in [-0.3, -0.25) is 0 Å². The molecule has 0 radical (unpaired) electrons. The van der Waals surface area contributed by atoms with Crippen LogP contribution in [0.15, 0.2) is 0 Å². The summed E-state index contributed by atoms with van der Waals surface area (Å²) in [5, 5.41) is 0. The molecule has 2 N–H and O–H groups in total. The van der Waals surface area contributed by atoms with E-state index in [1.807, 2.05) is 0 Å². The molecule has 0 aromatic rings. The molecule has 0 fully saturated rings. The van der Waals surface area contributed by atoms with Crippen molar-refractivity contribution in [2.24, 2.45) is 0 Å². The summed E-state index contributed by atoms with van der Waals surface area (Å²) in [5.41, 5.74) is 0. The summed E-state index contributed by atoms with van der Waals surface area (Å²) in [4.78, 5) is 16.0. The van der Waals surface area contributed by atoms with Crippen LogP contribution in [0.3, 0.4) is 0 Å². The van der Waals surface area contributed by atoms with Crippen molar-refractivity contribution in [1.82, 2.24) is 0 Å². The Morgan fingerprint density at radius 2 is 1.60 bits per heavy atom. The van der Waals surface area contributed by atoms with Crippen LogP contribution in [0.2, 0.25) is 0 Å². The van der Waals surface area contributed by atoms with Crippen LogP contribution >= 0.6 is 18.3 Å². The third kappa shape index (κ3) is 79.0. The van der Waals surface area contributed by atoms with E-state index in [9.17, 15) is 0 Å². The molecule has 0 aliphatic rings. The summed E-state index contributed by atoms with van der Waals surface area (Å²) < 4.78 is 0. The van der Waals surface area contributed by atoms with E-state index in [1.54, 1.807) is 0 Å². The first-order valence-electron chi connectivity index (χ1n) is 1.14. The van der Waals surface area contributed by atoms with Gasteiger partial charge in [0.05, 0.1) is 0 Å². The first kappa shape index (κ1) is 5.64. The van der Waals surface area contributed by atoms with E-state index in [4.69, 9.17) is 21.0 Å². The molecule has 0 aromatic carbocycles. The van der Waals surface area contributed by atoms with E-state index in [0.717, 1.165) is 0 Å². The Kier molecular flexibility index (Phi) is 1.57. The molecule has 34 valence electrons. The monoisotopic (exact) mass is 116 g/mol. The van der Waals surface area contributed by atoms with Gasteiger partial charge >= 0.3 is 34.8 Å². The topological polar surface area (TPSA) is 40.5 Å². The van der Waals surface area contributed by atoms with Gasteiger partial charge in [-0.2, -0.15) is 0 Å². The minimum atomic E-state index is -3.14. The zero-order chi connectivity index (χ0) is 4.50. The predicted molar refractivity (Wildman–Crippen MR) is 24.5 cm³/mol.